The van der Waals surface area contributed by atoms with Crippen molar-refractivity contribution in [3.05, 3.63) is 6.92 Å². The van der Waals surface area contributed by atoms with Gasteiger partial charge < -0.3 is 5.32 Å². The molecule has 1 radical (unpaired) electrons. The molecule has 1 heterocycles. The fourth-order valence-corrected chi connectivity index (χ4v) is 1.74. The van der Waals surface area contributed by atoms with Gasteiger partial charge in [-0.05, 0) is 25.8 Å². The first kappa shape index (κ1) is 12.6. The molecule has 0 saturated carbocycles. The molecule has 1 N–H and O–H groups in total. The summed E-state index contributed by atoms with van der Waals surface area (Å²) in [6.45, 7) is 5.10. The van der Waals surface area contributed by atoms with Gasteiger partial charge in [-0.3, -0.25) is 0 Å². The van der Waals surface area contributed by atoms with Gasteiger partial charge in [-0.1, -0.05) is 32.6 Å². The van der Waals surface area contributed by atoms with E-state index in [0.29, 0.717) is 0 Å². The molecule has 0 spiro atoms. The molecule has 1 atom stereocenters. The summed E-state index contributed by atoms with van der Waals surface area (Å²) in [5, 5.41) is 3.59. The van der Waals surface area contributed by atoms with Crippen LogP contribution in [0.1, 0.15) is 44.9 Å². The van der Waals surface area contributed by atoms with Crippen molar-refractivity contribution < 1.29 is 0 Å². The summed E-state index contributed by atoms with van der Waals surface area (Å²) in [6, 6.07) is 0.805. The van der Waals surface area contributed by atoms with Crippen LogP contribution in [-0.2, 0) is 0 Å². The van der Waals surface area contributed by atoms with Gasteiger partial charge in [0.25, 0.3) is 0 Å². The van der Waals surface area contributed by atoms with Crippen molar-refractivity contribution in [2.45, 2.75) is 51.0 Å². The van der Waals surface area contributed by atoms with Crippen LogP contribution in [0.4, 0.5) is 0 Å². The van der Waals surface area contributed by atoms with Crippen LogP contribution in [0.2, 0.25) is 0 Å². The molecular formula is C10H21LiN. The first-order valence-electron chi connectivity index (χ1n) is 4.96. The molecule has 12 heavy (non-hydrogen) atoms. The van der Waals surface area contributed by atoms with Crippen molar-refractivity contribution in [2.75, 3.05) is 6.54 Å². The maximum absolute atomic E-state index is 3.87. The third kappa shape index (κ3) is 5.25. The van der Waals surface area contributed by atoms with Crippen molar-refractivity contribution in [1.29, 1.82) is 0 Å². The van der Waals surface area contributed by atoms with Gasteiger partial charge in [0.05, 0.1) is 0 Å². The summed E-state index contributed by atoms with van der Waals surface area (Å²) in [4.78, 5) is 0. The first-order chi connectivity index (χ1) is 5.43. The van der Waals surface area contributed by atoms with Crippen molar-refractivity contribution in [3.8, 4) is 0 Å². The van der Waals surface area contributed by atoms with Crippen LogP contribution in [0.15, 0.2) is 0 Å². The molecule has 0 aromatic rings. The van der Waals surface area contributed by atoms with E-state index in [1.807, 2.05) is 0 Å². The van der Waals surface area contributed by atoms with Gasteiger partial charge in [0.15, 0.2) is 0 Å². The Labute approximate surface area is 88.9 Å². The predicted octanol–water partition coefficient (Wildman–Crippen LogP) is 1.87. The molecule has 0 aliphatic carbocycles. The molecule has 1 unspecified atom stereocenters. The van der Waals surface area contributed by atoms with Gasteiger partial charge in [-0.15, -0.1) is 0 Å². The van der Waals surface area contributed by atoms with E-state index in [1.165, 1.54) is 45.1 Å². The van der Waals surface area contributed by atoms with E-state index in [9.17, 15) is 0 Å². The summed E-state index contributed by atoms with van der Waals surface area (Å²) in [5.41, 5.74) is 0. The summed E-state index contributed by atoms with van der Waals surface area (Å²) in [7, 11) is 0. The molecule has 1 rings (SSSR count). The van der Waals surface area contributed by atoms with Crippen molar-refractivity contribution in [3.63, 3.8) is 0 Å². The van der Waals surface area contributed by atoms with E-state index in [1.54, 1.807) is 0 Å². The summed E-state index contributed by atoms with van der Waals surface area (Å²) >= 11 is 0. The van der Waals surface area contributed by atoms with Crippen LogP contribution in [-0.4, -0.2) is 31.4 Å². The fraction of sp³-hybridized carbons (Fsp3) is 0.900. The Morgan fingerprint density at radius 3 is 2.83 bits per heavy atom. The SMILES string of the molecule is [CH2]CCCC1CCCCCN1.[LiH]. The van der Waals surface area contributed by atoms with Gasteiger partial charge in [-0.25, -0.2) is 0 Å². The Balaban J connectivity index is 0.00000121. The van der Waals surface area contributed by atoms with Crippen LogP contribution in [0.3, 0.4) is 0 Å². The topological polar surface area (TPSA) is 12.0 Å². The molecule has 1 fully saturated rings. The Morgan fingerprint density at radius 1 is 1.25 bits per heavy atom. The number of hydrogen-bond acceptors (Lipinski definition) is 1. The zero-order valence-electron chi connectivity index (χ0n) is 7.44. The number of nitrogens with one attached hydrogen (secondary N) is 1. The Kier molecular flexibility index (Phi) is 8.55. The standard InChI is InChI=1S/C10H20N.Li.H/c1-2-3-7-10-8-5-4-6-9-11-10;;/h10-11H,1-9H2;;. The quantitative estimate of drug-likeness (QED) is 0.625. The van der Waals surface area contributed by atoms with E-state index in [4.69, 9.17) is 0 Å². The molecule has 1 saturated heterocycles. The van der Waals surface area contributed by atoms with Crippen LogP contribution >= 0.6 is 0 Å². The van der Waals surface area contributed by atoms with Gasteiger partial charge in [0, 0.05) is 6.04 Å². The van der Waals surface area contributed by atoms with E-state index >= 15 is 0 Å². The average molecular weight is 162 g/mol. The van der Waals surface area contributed by atoms with E-state index in [-0.39, 0.29) is 18.9 Å². The van der Waals surface area contributed by atoms with Gasteiger partial charge in [0.1, 0.15) is 0 Å². The summed E-state index contributed by atoms with van der Waals surface area (Å²) < 4.78 is 0. The molecule has 0 amide bonds. The Hall–Kier alpha value is 0.557. The molecule has 67 valence electrons. The first-order valence-corrected chi connectivity index (χ1v) is 4.96. The zero-order chi connectivity index (χ0) is 7.94. The molecule has 1 aliphatic rings. The molecule has 0 bridgehead atoms. The molecular weight excluding hydrogens is 141 g/mol. The minimum atomic E-state index is 0. The molecule has 0 aromatic heterocycles. The third-order valence-corrected chi connectivity index (χ3v) is 2.46. The number of rotatable bonds is 3. The van der Waals surface area contributed by atoms with E-state index in [0.717, 1.165) is 12.5 Å². The molecule has 1 aliphatic heterocycles. The van der Waals surface area contributed by atoms with Crippen molar-refractivity contribution in [1.82, 2.24) is 5.32 Å². The fourth-order valence-electron chi connectivity index (χ4n) is 1.74. The minimum absolute atomic E-state index is 0. The molecule has 1 nitrogen and oxygen atoms in total. The van der Waals surface area contributed by atoms with Crippen molar-refractivity contribution >= 4 is 18.9 Å². The van der Waals surface area contributed by atoms with Crippen LogP contribution in [0.25, 0.3) is 0 Å². The maximum atomic E-state index is 3.87. The summed E-state index contributed by atoms with van der Waals surface area (Å²) in [6.07, 6.45) is 9.34. The average Bonchev–Trinajstić information content (AvgIpc) is 2.28. The Morgan fingerprint density at radius 2 is 2.08 bits per heavy atom. The second kappa shape index (κ2) is 8.17. The van der Waals surface area contributed by atoms with Gasteiger partial charge in [0.2, 0.25) is 0 Å². The molecule has 0 aromatic carbocycles. The number of hydrogen-bond donors (Lipinski definition) is 1. The van der Waals surface area contributed by atoms with Crippen molar-refractivity contribution in [2.24, 2.45) is 0 Å². The second-order valence-electron chi connectivity index (χ2n) is 3.50. The Bertz CT molecular complexity index is 87.8. The normalized spacial score (nSPS) is 24.2. The summed E-state index contributed by atoms with van der Waals surface area (Å²) in [5.74, 6) is 0. The zero-order valence-corrected chi connectivity index (χ0v) is 7.44. The predicted molar refractivity (Wildman–Crippen MR) is 56.6 cm³/mol. The third-order valence-electron chi connectivity index (χ3n) is 2.46. The van der Waals surface area contributed by atoms with Gasteiger partial charge >= 0.3 is 18.9 Å². The second-order valence-corrected chi connectivity index (χ2v) is 3.50. The van der Waals surface area contributed by atoms with Crippen LogP contribution < -0.4 is 5.32 Å². The van der Waals surface area contributed by atoms with E-state index in [2.05, 4.69) is 12.2 Å². The van der Waals surface area contributed by atoms with Gasteiger partial charge in [-0.2, -0.15) is 0 Å². The van der Waals surface area contributed by atoms with Crippen LogP contribution in [0, 0.1) is 6.92 Å². The van der Waals surface area contributed by atoms with E-state index < -0.39 is 0 Å². The molecule has 2 heteroatoms. The number of unbranched alkanes of at least 4 members (excludes halogenated alkanes) is 1. The van der Waals surface area contributed by atoms with Crippen LogP contribution in [0.5, 0.6) is 0 Å². The monoisotopic (exact) mass is 162 g/mol.